The summed E-state index contributed by atoms with van der Waals surface area (Å²) in [5, 5.41) is 0. The zero-order valence-electron chi connectivity index (χ0n) is 10.9. The highest BCUT2D eigenvalue weighted by molar-refractivity contribution is 5.14. The van der Waals surface area contributed by atoms with E-state index in [0.717, 1.165) is 19.6 Å². The molecule has 2 heteroatoms. The second-order valence-corrected chi connectivity index (χ2v) is 6.45. The summed E-state index contributed by atoms with van der Waals surface area (Å²) < 4.78 is 0. The number of nitrogens with zero attached hydrogens (tertiary/aromatic N) is 1. The van der Waals surface area contributed by atoms with Gasteiger partial charge in [0.2, 0.25) is 0 Å². The summed E-state index contributed by atoms with van der Waals surface area (Å²) >= 11 is 0. The molecule has 0 saturated carbocycles. The van der Waals surface area contributed by atoms with Gasteiger partial charge in [-0.1, -0.05) is 32.4 Å². The highest BCUT2D eigenvalue weighted by Gasteiger charge is 2.23. The van der Waals surface area contributed by atoms with Crippen LogP contribution in [0.25, 0.3) is 0 Å². The van der Waals surface area contributed by atoms with Crippen LogP contribution in [0.5, 0.6) is 0 Å². The SMILES string of the molecule is CC(C)(N)CN1CC=C(C(C)(C)C)CC1. The lowest BCUT2D eigenvalue weighted by atomic mass is 9.83. The van der Waals surface area contributed by atoms with E-state index in [1.807, 2.05) is 0 Å². The Morgan fingerprint density at radius 1 is 1.27 bits per heavy atom. The number of hydrogen-bond acceptors (Lipinski definition) is 2. The van der Waals surface area contributed by atoms with E-state index in [-0.39, 0.29) is 5.54 Å². The maximum atomic E-state index is 6.02. The first-order valence-corrected chi connectivity index (χ1v) is 5.89. The Hall–Kier alpha value is -0.340. The maximum Gasteiger partial charge on any atom is 0.0226 e. The standard InChI is InChI=1S/C13H26N2/c1-12(2,3)11-6-8-15(9-7-11)10-13(4,5)14/h6H,7-10,14H2,1-5H3. The van der Waals surface area contributed by atoms with Crippen LogP contribution < -0.4 is 5.73 Å². The smallest absolute Gasteiger partial charge is 0.0226 e. The van der Waals surface area contributed by atoms with E-state index in [4.69, 9.17) is 5.73 Å². The Labute approximate surface area is 94.5 Å². The molecule has 1 aliphatic heterocycles. The van der Waals surface area contributed by atoms with Crippen molar-refractivity contribution in [3.63, 3.8) is 0 Å². The van der Waals surface area contributed by atoms with Crippen molar-refractivity contribution in [1.29, 1.82) is 0 Å². The molecule has 0 saturated heterocycles. The van der Waals surface area contributed by atoms with E-state index in [9.17, 15) is 0 Å². The second kappa shape index (κ2) is 4.26. The molecule has 1 aliphatic rings. The molecule has 15 heavy (non-hydrogen) atoms. The van der Waals surface area contributed by atoms with Gasteiger partial charge < -0.3 is 5.73 Å². The molecule has 1 heterocycles. The van der Waals surface area contributed by atoms with Gasteiger partial charge in [0.25, 0.3) is 0 Å². The maximum absolute atomic E-state index is 6.02. The van der Waals surface area contributed by atoms with E-state index in [1.165, 1.54) is 6.42 Å². The zero-order valence-corrected chi connectivity index (χ0v) is 10.9. The summed E-state index contributed by atoms with van der Waals surface area (Å²) in [6.45, 7) is 14.3. The Bertz CT molecular complexity index is 240. The van der Waals surface area contributed by atoms with Crippen molar-refractivity contribution in [1.82, 2.24) is 4.90 Å². The van der Waals surface area contributed by atoms with Gasteiger partial charge in [-0.05, 0) is 25.7 Å². The fraction of sp³-hybridized carbons (Fsp3) is 0.846. The fourth-order valence-electron chi connectivity index (χ4n) is 2.11. The third kappa shape index (κ3) is 4.35. The normalized spacial score (nSPS) is 20.3. The first-order valence-electron chi connectivity index (χ1n) is 5.89. The predicted molar refractivity (Wildman–Crippen MR) is 66.9 cm³/mol. The van der Waals surface area contributed by atoms with Crippen LogP contribution in [0.2, 0.25) is 0 Å². The van der Waals surface area contributed by atoms with E-state index in [1.54, 1.807) is 5.57 Å². The molecule has 2 nitrogen and oxygen atoms in total. The van der Waals surface area contributed by atoms with E-state index >= 15 is 0 Å². The van der Waals surface area contributed by atoms with Gasteiger partial charge in [0, 0.05) is 25.2 Å². The first kappa shape index (κ1) is 12.7. The van der Waals surface area contributed by atoms with Gasteiger partial charge >= 0.3 is 0 Å². The van der Waals surface area contributed by atoms with Gasteiger partial charge in [0.05, 0.1) is 0 Å². The molecule has 0 fully saturated rings. The molecule has 1 rings (SSSR count). The molecule has 0 unspecified atom stereocenters. The van der Waals surface area contributed by atoms with Crippen molar-refractivity contribution in [3.8, 4) is 0 Å². The number of rotatable bonds is 2. The van der Waals surface area contributed by atoms with Gasteiger partial charge in [-0.2, -0.15) is 0 Å². The van der Waals surface area contributed by atoms with Crippen LogP contribution in [0.1, 0.15) is 41.0 Å². The minimum Gasteiger partial charge on any atom is -0.324 e. The van der Waals surface area contributed by atoms with Gasteiger partial charge in [0.1, 0.15) is 0 Å². The summed E-state index contributed by atoms with van der Waals surface area (Å²) in [6.07, 6.45) is 3.58. The molecule has 0 aliphatic carbocycles. The first-order chi connectivity index (χ1) is 6.68. The van der Waals surface area contributed by atoms with Crippen LogP contribution in [-0.2, 0) is 0 Å². The topological polar surface area (TPSA) is 29.3 Å². The highest BCUT2D eigenvalue weighted by atomic mass is 15.1. The van der Waals surface area contributed by atoms with Crippen LogP contribution in [0, 0.1) is 5.41 Å². The van der Waals surface area contributed by atoms with Crippen molar-refractivity contribution in [3.05, 3.63) is 11.6 Å². The van der Waals surface area contributed by atoms with Gasteiger partial charge in [-0.25, -0.2) is 0 Å². The Balaban J connectivity index is 2.52. The summed E-state index contributed by atoms with van der Waals surface area (Å²) in [4.78, 5) is 2.44. The fourth-order valence-corrected chi connectivity index (χ4v) is 2.11. The lowest BCUT2D eigenvalue weighted by molar-refractivity contribution is 0.232. The molecule has 0 radical (unpaired) electrons. The molecule has 2 N–H and O–H groups in total. The van der Waals surface area contributed by atoms with Crippen molar-refractivity contribution >= 4 is 0 Å². The Kier molecular flexibility index (Phi) is 3.62. The van der Waals surface area contributed by atoms with Crippen LogP contribution >= 0.6 is 0 Å². The summed E-state index contributed by atoms with van der Waals surface area (Å²) in [7, 11) is 0. The summed E-state index contributed by atoms with van der Waals surface area (Å²) in [5.41, 5.74) is 7.88. The van der Waals surface area contributed by atoms with Crippen LogP contribution in [0.3, 0.4) is 0 Å². The molecule has 0 spiro atoms. The van der Waals surface area contributed by atoms with Gasteiger partial charge in [-0.15, -0.1) is 0 Å². The third-order valence-electron chi connectivity index (χ3n) is 2.89. The largest absolute Gasteiger partial charge is 0.324 e. The molecule has 0 aromatic carbocycles. The Morgan fingerprint density at radius 3 is 2.20 bits per heavy atom. The molecule has 0 amide bonds. The summed E-state index contributed by atoms with van der Waals surface area (Å²) in [6, 6.07) is 0. The molecular formula is C13H26N2. The van der Waals surface area contributed by atoms with Gasteiger partial charge in [-0.3, -0.25) is 4.90 Å². The predicted octanol–water partition coefficient (Wildman–Crippen LogP) is 2.40. The van der Waals surface area contributed by atoms with Crippen LogP contribution in [0.4, 0.5) is 0 Å². The van der Waals surface area contributed by atoms with Crippen molar-refractivity contribution in [2.45, 2.75) is 46.6 Å². The number of hydrogen-bond donors (Lipinski definition) is 1. The molecule has 88 valence electrons. The summed E-state index contributed by atoms with van der Waals surface area (Å²) in [5.74, 6) is 0. The van der Waals surface area contributed by atoms with Crippen molar-refractivity contribution in [2.24, 2.45) is 11.1 Å². The minimum atomic E-state index is -0.0763. The van der Waals surface area contributed by atoms with Crippen LogP contribution in [-0.4, -0.2) is 30.1 Å². The molecule has 0 atom stereocenters. The molecular weight excluding hydrogens is 184 g/mol. The van der Waals surface area contributed by atoms with Crippen molar-refractivity contribution < 1.29 is 0 Å². The van der Waals surface area contributed by atoms with E-state index in [0.29, 0.717) is 5.41 Å². The average molecular weight is 210 g/mol. The monoisotopic (exact) mass is 210 g/mol. The number of nitrogens with two attached hydrogens (primary N) is 1. The second-order valence-electron chi connectivity index (χ2n) is 6.45. The zero-order chi connectivity index (χ0) is 11.7. The minimum absolute atomic E-state index is 0.0763. The van der Waals surface area contributed by atoms with E-state index in [2.05, 4.69) is 45.6 Å². The molecule has 0 bridgehead atoms. The average Bonchev–Trinajstić information content (AvgIpc) is 2.00. The van der Waals surface area contributed by atoms with Crippen molar-refractivity contribution in [2.75, 3.05) is 19.6 Å². The Morgan fingerprint density at radius 2 is 1.87 bits per heavy atom. The van der Waals surface area contributed by atoms with E-state index < -0.39 is 0 Å². The third-order valence-corrected chi connectivity index (χ3v) is 2.89. The molecule has 0 aromatic heterocycles. The van der Waals surface area contributed by atoms with Crippen LogP contribution in [0.15, 0.2) is 11.6 Å². The lowest BCUT2D eigenvalue weighted by Gasteiger charge is -2.35. The highest BCUT2D eigenvalue weighted by Crippen LogP contribution is 2.30. The molecule has 0 aromatic rings. The quantitative estimate of drug-likeness (QED) is 0.709. The van der Waals surface area contributed by atoms with Gasteiger partial charge in [0.15, 0.2) is 0 Å². The lowest BCUT2D eigenvalue weighted by Crippen LogP contribution is -2.46.